The van der Waals surface area contributed by atoms with Crippen LogP contribution in [0.1, 0.15) is 31.2 Å². The first kappa shape index (κ1) is 21.0. The first-order valence-corrected chi connectivity index (χ1v) is 10.6. The molecule has 1 N–H and O–H groups in total. The number of benzene rings is 2. The van der Waals surface area contributed by atoms with Gasteiger partial charge in [-0.25, -0.2) is 4.39 Å². The molecule has 162 valence electrons. The molecule has 2 aromatic rings. The monoisotopic (exact) mass is 423 g/mol. The fourth-order valence-corrected chi connectivity index (χ4v) is 4.45. The van der Waals surface area contributed by atoms with Gasteiger partial charge >= 0.3 is 0 Å². The molecule has 0 spiro atoms. The topological polar surface area (TPSA) is 69.7 Å². The smallest absolute Gasteiger partial charge is 0.246 e. The summed E-state index contributed by atoms with van der Waals surface area (Å²) in [5, 5.41) is 3.05. The molecule has 4 rings (SSSR count). The standard InChI is InChI=1S/C24H26FN3O3/c25-19-8-6-18(7-9-19)16-24(12-10-21(29)26-24)13-11-22(30)27-14-15-28(23(31)17-27)20-4-2-1-3-5-20/h1-9H,10-17H2,(H,26,29)/t24-/m1/s1. The summed E-state index contributed by atoms with van der Waals surface area (Å²) in [6.45, 7) is 1.01. The Morgan fingerprint density at radius 1 is 1.03 bits per heavy atom. The van der Waals surface area contributed by atoms with Crippen molar-refractivity contribution < 1.29 is 18.8 Å². The second kappa shape index (κ2) is 8.88. The van der Waals surface area contributed by atoms with Crippen molar-refractivity contribution in [1.29, 1.82) is 0 Å². The first-order chi connectivity index (χ1) is 14.9. The van der Waals surface area contributed by atoms with Crippen LogP contribution >= 0.6 is 0 Å². The van der Waals surface area contributed by atoms with E-state index in [0.717, 1.165) is 11.3 Å². The maximum atomic E-state index is 13.2. The molecule has 0 aliphatic carbocycles. The minimum atomic E-state index is -0.513. The number of anilines is 1. The van der Waals surface area contributed by atoms with Crippen LogP contribution in [-0.2, 0) is 20.8 Å². The van der Waals surface area contributed by atoms with E-state index in [-0.39, 0.29) is 36.5 Å². The molecule has 2 aliphatic heterocycles. The number of nitrogens with one attached hydrogen (secondary N) is 1. The van der Waals surface area contributed by atoms with Crippen LogP contribution in [-0.4, -0.2) is 47.8 Å². The molecule has 31 heavy (non-hydrogen) atoms. The second-order valence-electron chi connectivity index (χ2n) is 8.33. The lowest BCUT2D eigenvalue weighted by molar-refractivity contribution is -0.137. The highest BCUT2D eigenvalue weighted by atomic mass is 19.1. The lowest BCUT2D eigenvalue weighted by Crippen LogP contribution is -2.53. The van der Waals surface area contributed by atoms with E-state index in [4.69, 9.17) is 0 Å². The molecule has 7 heteroatoms. The molecule has 6 nitrogen and oxygen atoms in total. The Kier molecular flexibility index (Phi) is 6.02. The minimum absolute atomic E-state index is 0.0267. The minimum Gasteiger partial charge on any atom is -0.350 e. The fourth-order valence-electron chi connectivity index (χ4n) is 4.45. The van der Waals surface area contributed by atoms with Crippen molar-refractivity contribution >= 4 is 23.4 Å². The average molecular weight is 423 g/mol. The predicted molar refractivity (Wildman–Crippen MR) is 115 cm³/mol. The predicted octanol–water partition coefficient (Wildman–Crippen LogP) is 2.67. The van der Waals surface area contributed by atoms with E-state index >= 15 is 0 Å². The Bertz CT molecular complexity index is 964. The number of nitrogens with zero attached hydrogens (tertiary/aromatic N) is 2. The maximum absolute atomic E-state index is 13.2. The highest BCUT2D eigenvalue weighted by Crippen LogP contribution is 2.30. The number of rotatable bonds is 6. The summed E-state index contributed by atoms with van der Waals surface area (Å²) >= 11 is 0. The van der Waals surface area contributed by atoms with E-state index in [2.05, 4.69) is 5.32 Å². The van der Waals surface area contributed by atoms with Crippen LogP contribution in [0.3, 0.4) is 0 Å². The Hall–Kier alpha value is -3.22. The van der Waals surface area contributed by atoms with E-state index in [1.54, 1.807) is 21.9 Å². The van der Waals surface area contributed by atoms with Crippen molar-refractivity contribution in [2.45, 2.75) is 37.6 Å². The van der Waals surface area contributed by atoms with Crippen LogP contribution in [0.5, 0.6) is 0 Å². The molecule has 2 saturated heterocycles. The third-order valence-corrected chi connectivity index (χ3v) is 6.15. The molecule has 0 radical (unpaired) electrons. The zero-order valence-corrected chi connectivity index (χ0v) is 17.4. The summed E-state index contributed by atoms with van der Waals surface area (Å²) in [5.41, 5.74) is 1.25. The molecule has 2 heterocycles. The number of amides is 3. The van der Waals surface area contributed by atoms with Gasteiger partial charge in [0, 0.05) is 37.2 Å². The number of hydrogen-bond acceptors (Lipinski definition) is 3. The van der Waals surface area contributed by atoms with Gasteiger partial charge in [-0.15, -0.1) is 0 Å². The van der Waals surface area contributed by atoms with Gasteiger partial charge in [-0.3, -0.25) is 14.4 Å². The number of para-hydroxylation sites is 1. The van der Waals surface area contributed by atoms with Gasteiger partial charge in [-0.1, -0.05) is 30.3 Å². The molecule has 2 fully saturated rings. The highest BCUT2D eigenvalue weighted by molar-refractivity contribution is 5.97. The zero-order chi connectivity index (χ0) is 21.8. The second-order valence-corrected chi connectivity index (χ2v) is 8.33. The van der Waals surface area contributed by atoms with Crippen molar-refractivity contribution in [3.63, 3.8) is 0 Å². The fraction of sp³-hybridized carbons (Fsp3) is 0.375. The van der Waals surface area contributed by atoms with Gasteiger partial charge in [0.2, 0.25) is 17.7 Å². The third kappa shape index (κ3) is 4.93. The number of carbonyl (C=O) groups excluding carboxylic acids is 3. The summed E-state index contributed by atoms with van der Waals surface area (Å²) in [7, 11) is 0. The normalized spacial score (nSPS) is 21.3. The van der Waals surface area contributed by atoms with Crippen LogP contribution in [0.25, 0.3) is 0 Å². The number of piperazine rings is 1. The molecule has 0 aromatic heterocycles. The first-order valence-electron chi connectivity index (χ1n) is 10.6. The van der Waals surface area contributed by atoms with Crippen LogP contribution in [0, 0.1) is 5.82 Å². The van der Waals surface area contributed by atoms with Crippen molar-refractivity contribution in [2.75, 3.05) is 24.5 Å². The third-order valence-electron chi connectivity index (χ3n) is 6.15. The van der Waals surface area contributed by atoms with Gasteiger partial charge in [0.15, 0.2) is 0 Å². The summed E-state index contributed by atoms with van der Waals surface area (Å²) in [6.07, 6.45) is 2.34. The number of hydrogen-bond donors (Lipinski definition) is 1. The molecule has 0 bridgehead atoms. The quantitative estimate of drug-likeness (QED) is 0.777. The molecular weight excluding hydrogens is 397 g/mol. The van der Waals surface area contributed by atoms with Gasteiger partial charge in [0.1, 0.15) is 12.4 Å². The Morgan fingerprint density at radius 3 is 2.42 bits per heavy atom. The molecule has 2 aromatic carbocycles. The van der Waals surface area contributed by atoms with Crippen LogP contribution in [0.15, 0.2) is 54.6 Å². The number of carbonyl (C=O) groups is 3. The zero-order valence-electron chi connectivity index (χ0n) is 17.4. The van der Waals surface area contributed by atoms with Crippen molar-refractivity contribution in [1.82, 2.24) is 10.2 Å². The molecule has 3 amide bonds. The SMILES string of the molecule is O=C1CC[C@@](CCC(=O)N2CCN(c3ccccc3)C(=O)C2)(Cc2ccc(F)cc2)N1. The molecule has 0 saturated carbocycles. The van der Waals surface area contributed by atoms with Crippen molar-refractivity contribution in [3.05, 3.63) is 66.0 Å². The molecular formula is C24H26FN3O3. The van der Waals surface area contributed by atoms with E-state index in [0.29, 0.717) is 38.8 Å². The van der Waals surface area contributed by atoms with Crippen molar-refractivity contribution in [3.8, 4) is 0 Å². The van der Waals surface area contributed by atoms with Gasteiger partial charge < -0.3 is 15.1 Å². The summed E-state index contributed by atoms with van der Waals surface area (Å²) in [6, 6.07) is 15.7. The molecule has 2 aliphatic rings. The van der Waals surface area contributed by atoms with Crippen LogP contribution in [0.4, 0.5) is 10.1 Å². The Balaban J connectivity index is 1.36. The Labute approximate surface area is 181 Å². The van der Waals surface area contributed by atoms with Gasteiger partial charge in [0.25, 0.3) is 0 Å². The van der Waals surface area contributed by atoms with Crippen LogP contribution in [0.2, 0.25) is 0 Å². The van der Waals surface area contributed by atoms with Crippen molar-refractivity contribution in [2.24, 2.45) is 0 Å². The van der Waals surface area contributed by atoms with E-state index in [1.807, 2.05) is 30.3 Å². The van der Waals surface area contributed by atoms with Gasteiger partial charge in [0.05, 0.1) is 0 Å². The number of halogens is 1. The Morgan fingerprint density at radius 2 is 1.77 bits per heavy atom. The van der Waals surface area contributed by atoms with E-state index < -0.39 is 5.54 Å². The lowest BCUT2D eigenvalue weighted by Gasteiger charge is -2.35. The lowest BCUT2D eigenvalue weighted by atomic mass is 9.85. The van der Waals surface area contributed by atoms with E-state index in [9.17, 15) is 18.8 Å². The summed E-state index contributed by atoms with van der Waals surface area (Å²) < 4.78 is 13.2. The molecule has 0 unspecified atom stereocenters. The summed E-state index contributed by atoms with van der Waals surface area (Å²) in [4.78, 5) is 40.7. The maximum Gasteiger partial charge on any atom is 0.246 e. The van der Waals surface area contributed by atoms with Gasteiger partial charge in [-0.05, 0) is 49.1 Å². The summed E-state index contributed by atoms with van der Waals surface area (Å²) in [5.74, 6) is -0.509. The largest absolute Gasteiger partial charge is 0.350 e. The van der Waals surface area contributed by atoms with Gasteiger partial charge in [-0.2, -0.15) is 0 Å². The molecule has 1 atom stereocenters. The van der Waals surface area contributed by atoms with E-state index in [1.165, 1.54) is 12.1 Å². The average Bonchev–Trinajstić information content (AvgIpc) is 3.15. The van der Waals surface area contributed by atoms with Crippen LogP contribution < -0.4 is 10.2 Å². The highest BCUT2D eigenvalue weighted by Gasteiger charge is 2.38.